The van der Waals surface area contributed by atoms with Gasteiger partial charge in [-0.1, -0.05) is 18.2 Å². The van der Waals surface area contributed by atoms with Crippen molar-refractivity contribution in [2.75, 3.05) is 7.11 Å². The number of ether oxygens (including phenoxy) is 1. The predicted octanol–water partition coefficient (Wildman–Crippen LogP) is 4.46. The molecule has 0 aliphatic carbocycles. The van der Waals surface area contributed by atoms with E-state index in [1.54, 1.807) is 13.2 Å². The van der Waals surface area contributed by atoms with Gasteiger partial charge < -0.3 is 14.3 Å². The van der Waals surface area contributed by atoms with Crippen molar-refractivity contribution in [3.05, 3.63) is 65.6 Å². The normalized spacial score (nSPS) is 14.4. The maximum atomic E-state index is 14.0. The number of aromatic nitrogens is 1. The Morgan fingerprint density at radius 3 is 2.54 bits per heavy atom. The van der Waals surface area contributed by atoms with Crippen LogP contribution in [0.25, 0.3) is 10.9 Å². The van der Waals surface area contributed by atoms with E-state index in [9.17, 15) is 8.94 Å². The van der Waals surface area contributed by atoms with Gasteiger partial charge in [-0.05, 0) is 56.5 Å². The van der Waals surface area contributed by atoms with Gasteiger partial charge in [0.25, 0.3) is 0 Å². The zero-order chi connectivity index (χ0) is 18.9. The molecule has 3 rings (SSSR count). The van der Waals surface area contributed by atoms with Crippen molar-refractivity contribution >= 4 is 22.3 Å². The molecule has 2 N–H and O–H groups in total. The molecule has 0 amide bonds. The van der Waals surface area contributed by atoms with Gasteiger partial charge in [-0.15, -0.1) is 4.72 Å². The number of nitrogens with one attached hydrogen (secondary N) is 2. The first-order valence-corrected chi connectivity index (χ1v) is 9.53. The quantitative estimate of drug-likeness (QED) is 0.649. The van der Waals surface area contributed by atoms with E-state index in [-0.39, 0.29) is 5.82 Å². The predicted molar refractivity (Wildman–Crippen MR) is 104 cm³/mol. The van der Waals surface area contributed by atoms with Gasteiger partial charge >= 0.3 is 0 Å². The number of hydrogen-bond donors (Lipinski definition) is 2. The minimum absolute atomic E-state index is 0.370. The highest BCUT2D eigenvalue weighted by atomic mass is 32.2. The SMILES string of the molecule is COc1ccc(F)cc1[C@@H](N[S@@+]([O-])C(C)(C)C)c1cc2ccccc2[nH]1. The molecule has 0 aliphatic rings. The fraction of sp³-hybridized carbons (Fsp3) is 0.300. The maximum Gasteiger partial charge on any atom is 0.136 e. The van der Waals surface area contributed by atoms with Crippen molar-refractivity contribution in [1.82, 2.24) is 9.71 Å². The Morgan fingerprint density at radius 2 is 1.88 bits per heavy atom. The second-order valence-corrected chi connectivity index (χ2v) is 9.13. The van der Waals surface area contributed by atoms with Gasteiger partial charge in [-0.25, -0.2) is 4.39 Å². The average molecular weight is 374 g/mol. The number of fused-ring (bicyclic) bond motifs is 1. The molecule has 1 heterocycles. The van der Waals surface area contributed by atoms with Crippen LogP contribution in [0, 0.1) is 5.82 Å². The van der Waals surface area contributed by atoms with Crippen LogP contribution in [0.1, 0.15) is 38.1 Å². The number of para-hydroxylation sites is 1. The van der Waals surface area contributed by atoms with E-state index in [1.807, 2.05) is 51.1 Å². The Labute approximate surface area is 156 Å². The van der Waals surface area contributed by atoms with E-state index in [1.165, 1.54) is 12.1 Å². The second kappa shape index (κ2) is 7.31. The third-order valence-electron chi connectivity index (χ3n) is 4.15. The van der Waals surface area contributed by atoms with Gasteiger partial charge in [0.2, 0.25) is 0 Å². The molecule has 0 fully saturated rings. The van der Waals surface area contributed by atoms with Crippen LogP contribution in [0.15, 0.2) is 48.5 Å². The van der Waals surface area contributed by atoms with E-state index in [4.69, 9.17) is 4.74 Å². The fourth-order valence-corrected chi connectivity index (χ4v) is 3.58. The lowest BCUT2D eigenvalue weighted by atomic mass is 10.0. The van der Waals surface area contributed by atoms with Crippen molar-refractivity contribution in [1.29, 1.82) is 0 Å². The molecule has 0 saturated heterocycles. The summed E-state index contributed by atoms with van der Waals surface area (Å²) >= 11 is -1.35. The van der Waals surface area contributed by atoms with Crippen LogP contribution in [0.5, 0.6) is 5.75 Å². The van der Waals surface area contributed by atoms with Gasteiger partial charge in [0, 0.05) is 28.1 Å². The topological polar surface area (TPSA) is 60.1 Å². The average Bonchev–Trinajstić information content (AvgIpc) is 3.02. The van der Waals surface area contributed by atoms with Crippen molar-refractivity contribution in [2.24, 2.45) is 0 Å². The highest BCUT2D eigenvalue weighted by Crippen LogP contribution is 2.33. The first-order chi connectivity index (χ1) is 12.3. The summed E-state index contributed by atoms with van der Waals surface area (Å²) in [5.41, 5.74) is 2.36. The van der Waals surface area contributed by atoms with Gasteiger partial charge in [0.1, 0.15) is 22.4 Å². The summed E-state index contributed by atoms with van der Waals surface area (Å²) in [5.74, 6) is 0.165. The summed E-state index contributed by atoms with van der Waals surface area (Å²) in [7, 11) is 1.54. The minimum Gasteiger partial charge on any atom is -0.598 e. The Bertz CT molecular complexity index is 871. The highest BCUT2D eigenvalue weighted by Gasteiger charge is 2.32. The summed E-state index contributed by atoms with van der Waals surface area (Å²) in [6.45, 7) is 5.67. The monoisotopic (exact) mass is 374 g/mol. The van der Waals surface area contributed by atoms with E-state index < -0.39 is 22.2 Å². The summed E-state index contributed by atoms with van der Waals surface area (Å²) < 4.78 is 34.8. The smallest absolute Gasteiger partial charge is 0.136 e. The molecule has 0 spiro atoms. The molecule has 2 aromatic carbocycles. The highest BCUT2D eigenvalue weighted by molar-refractivity contribution is 7.90. The molecule has 0 radical (unpaired) electrons. The molecule has 0 saturated carbocycles. The van der Waals surface area contributed by atoms with Crippen molar-refractivity contribution < 1.29 is 13.7 Å². The van der Waals surface area contributed by atoms with E-state index in [0.29, 0.717) is 11.3 Å². The van der Waals surface area contributed by atoms with Crippen LogP contribution in [0.4, 0.5) is 4.39 Å². The van der Waals surface area contributed by atoms with Crippen molar-refractivity contribution in [2.45, 2.75) is 31.6 Å². The van der Waals surface area contributed by atoms with Gasteiger partial charge in [0.15, 0.2) is 0 Å². The molecule has 138 valence electrons. The number of hydrogen-bond acceptors (Lipinski definition) is 3. The molecule has 3 aromatic rings. The summed E-state index contributed by atoms with van der Waals surface area (Å²) in [5, 5.41) is 1.03. The molecule has 2 atom stereocenters. The molecular formula is C20H23FN2O2S. The number of aromatic amines is 1. The molecule has 4 nitrogen and oxygen atoms in total. The Kier molecular flexibility index (Phi) is 5.27. The molecule has 0 aliphatic heterocycles. The zero-order valence-corrected chi connectivity index (χ0v) is 16.1. The standard InChI is InChI=1S/C20H23FN2O2S/c1-20(2,3)26(24)23-19(15-12-14(21)9-10-18(15)25-4)17-11-13-7-5-6-8-16(13)22-17/h5-12,19,22-23H,1-4H3/t19-,26+/m1/s1. The van der Waals surface area contributed by atoms with Crippen LogP contribution in [-0.2, 0) is 11.4 Å². The lowest BCUT2D eigenvalue weighted by Crippen LogP contribution is -2.41. The largest absolute Gasteiger partial charge is 0.598 e. The molecule has 26 heavy (non-hydrogen) atoms. The van der Waals surface area contributed by atoms with Gasteiger partial charge in [-0.2, -0.15) is 0 Å². The van der Waals surface area contributed by atoms with Crippen LogP contribution >= 0.6 is 0 Å². The Hall–Kier alpha value is -2.02. The van der Waals surface area contributed by atoms with Crippen LogP contribution in [0.2, 0.25) is 0 Å². The number of rotatable bonds is 5. The lowest BCUT2D eigenvalue weighted by molar-refractivity contribution is 0.404. The first kappa shape index (κ1) is 18.8. The molecule has 0 bridgehead atoms. The minimum atomic E-state index is -1.35. The molecule has 6 heteroatoms. The van der Waals surface area contributed by atoms with Gasteiger partial charge in [-0.3, -0.25) is 0 Å². The Morgan fingerprint density at radius 1 is 1.15 bits per heavy atom. The first-order valence-electron chi connectivity index (χ1n) is 8.39. The van der Waals surface area contributed by atoms with E-state index in [0.717, 1.165) is 16.6 Å². The number of methoxy groups -OCH3 is 1. The summed E-state index contributed by atoms with van der Waals surface area (Å²) in [6.07, 6.45) is 0. The third-order valence-corrected chi connectivity index (χ3v) is 5.71. The Balaban J connectivity index is 2.11. The zero-order valence-electron chi connectivity index (χ0n) is 15.3. The third kappa shape index (κ3) is 3.87. The lowest BCUT2D eigenvalue weighted by Gasteiger charge is -2.28. The molecular weight excluding hydrogens is 351 g/mol. The van der Waals surface area contributed by atoms with Crippen molar-refractivity contribution in [3.63, 3.8) is 0 Å². The number of halogens is 1. The molecule has 1 aromatic heterocycles. The van der Waals surface area contributed by atoms with Gasteiger partial charge in [0.05, 0.1) is 7.11 Å². The van der Waals surface area contributed by atoms with E-state index in [2.05, 4.69) is 9.71 Å². The number of H-pyrrole nitrogens is 1. The van der Waals surface area contributed by atoms with Crippen LogP contribution in [0.3, 0.4) is 0 Å². The van der Waals surface area contributed by atoms with Crippen LogP contribution < -0.4 is 9.46 Å². The maximum absolute atomic E-state index is 14.0. The van der Waals surface area contributed by atoms with Crippen LogP contribution in [-0.4, -0.2) is 21.4 Å². The fourth-order valence-electron chi connectivity index (χ4n) is 2.76. The molecule has 0 unspecified atom stereocenters. The summed E-state index contributed by atoms with van der Waals surface area (Å²) in [6, 6.07) is 13.7. The van der Waals surface area contributed by atoms with Crippen molar-refractivity contribution in [3.8, 4) is 5.75 Å². The second-order valence-electron chi connectivity index (χ2n) is 7.13. The van der Waals surface area contributed by atoms with E-state index >= 15 is 0 Å². The number of benzene rings is 2. The summed E-state index contributed by atoms with van der Waals surface area (Å²) in [4.78, 5) is 3.35.